The summed E-state index contributed by atoms with van der Waals surface area (Å²) in [7, 11) is 1.72. The Bertz CT molecular complexity index is 992. The van der Waals surface area contributed by atoms with Crippen LogP contribution in [0.5, 0.6) is 0 Å². The molecule has 0 bridgehead atoms. The van der Waals surface area contributed by atoms with Gasteiger partial charge in [-0.1, -0.05) is 0 Å². The third-order valence-corrected chi connectivity index (χ3v) is 6.75. The Hall–Kier alpha value is -2.25. The van der Waals surface area contributed by atoms with E-state index in [1.54, 1.807) is 19.3 Å². The van der Waals surface area contributed by atoms with Crippen LogP contribution in [0.25, 0.3) is 11.3 Å². The van der Waals surface area contributed by atoms with Crippen molar-refractivity contribution in [3.05, 3.63) is 40.8 Å². The number of likely N-dealkylation sites (tertiary alicyclic amines) is 1. The number of ether oxygens (including phenoxy) is 1. The lowest BCUT2D eigenvalue weighted by atomic mass is 10.00. The van der Waals surface area contributed by atoms with Crippen molar-refractivity contribution >= 4 is 5.82 Å². The molecule has 7 nitrogen and oxygen atoms in total. The molecule has 0 spiro atoms. The summed E-state index contributed by atoms with van der Waals surface area (Å²) in [4.78, 5) is 13.9. The van der Waals surface area contributed by atoms with Gasteiger partial charge in [0.2, 0.25) is 0 Å². The lowest BCUT2D eigenvalue weighted by Gasteiger charge is -2.27. The minimum absolute atomic E-state index is 0.0701. The van der Waals surface area contributed by atoms with Crippen LogP contribution >= 0.6 is 0 Å². The molecule has 1 unspecified atom stereocenters. The molecule has 2 saturated heterocycles. The first-order valence-corrected chi connectivity index (χ1v) is 11.0. The maximum atomic E-state index is 11.9. The average Bonchev–Trinajstić information content (AvgIpc) is 3.36. The number of nitrogens with zero attached hydrogens (tertiary/aromatic N) is 4. The first-order valence-electron chi connectivity index (χ1n) is 12.0. The Morgan fingerprint density at radius 1 is 1.17 bits per heavy atom. The van der Waals surface area contributed by atoms with Gasteiger partial charge in [-0.15, -0.1) is 10.2 Å². The van der Waals surface area contributed by atoms with Crippen molar-refractivity contribution in [3.8, 4) is 11.3 Å². The minimum atomic E-state index is -1.24. The molecule has 2 aromatic heterocycles. The summed E-state index contributed by atoms with van der Waals surface area (Å²) in [5.41, 5.74) is 1.38. The molecule has 3 atom stereocenters. The fraction of sp³-hybridized carbons (Fsp3) is 0.609. The summed E-state index contributed by atoms with van der Waals surface area (Å²) in [6, 6.07) is 7.58. The second kappa shape index (κ2) is 8.47. The van der Waals surface area contributed by atoms with Crippen LogP contribution in [0.2, 0.25) is 0 Å². The van der Waals surface area contributed by atoms with E-state index in [2.05, 4.69) is 20.4 Å². The smallest absolute Gasteiger partial charge is 0.250 e. The molecule has 2 aliphatic heterocycles. The number of aromatic nitrogens is 3. The molecule has 0 aromatic carbocycles. The van der Waals surface area contributed by atoms with Crippen LogP contribution in [-0.4, -0.2) is 58.5 Å². The molecule has 30 heavy (non-hydrogen) atoms. The lowest BCUT2D eigenvalue weighted by molar-refractivity contribution is 0.0545. The number of hydrogen-bond acceptors (Lipinski definition) is 6. The van der Waals surface area contributed by atoms with E-state index in [4.69, 9.17) is 7.48 Å². The fourth-order valence-corrected chi connectivity index (χ4v) is 5.09. The summed E-state index contributed by atoms with van der Waals surface area (Å²) in [5, 5.41) is 12.1. The molecule has 0 radical (unpaired) electrons. The third-order valence-electron chi connectivity index (χ3n) is 6.75. The molecule has 3 aliphatic rings. The summed E-state index contributed by atoms with van der Waals surface area (Å²) < 4.78 is 24.4. The van der Waals surface area contributed by atoms with E-state index in [1.165, 1.54) is 4.57 Å². The summed E-state index contributed by atoms with van der Waals surface area (Å²) in [5.74, 6) is 1.87. The van der Waals surface area contributed by atoms with Gasteiger partial charge in [0.25, 0.3) is 5.56 Å². The third kappa shape index (κ3) is 4.27. The number of nitrogens with one attached hydrogen (secondary N) is 1. The highest BCUT2D eigenvalue weighted by atomic mass is 16.5. The molecule has 160 valence electrons. The molecule has 1 saturated carbocycles. The van der Waals surface area contributed by atoms with Gasteiger partial charge in [-0.25, -0.2) is 0 Å². The molecule has 5 rings (SSSR count). The SMILES string of the molecule is [2H]C([2H])(C1CCOCC1)N1C[C@H]2CC(Nc3ccc(-c4ccn(C)c(=O)c4)nn3)C[C@H]2C1. The number of rotatable bonds is 5. The van der Waals surface area contributed by atoms with Gasteiger partial charge in [-0.2, -0.15) is 0 Å². The Morgan fingerprint density at radius 3 is 2.60 bits per heavy atom. The van der Waals surface area contributed by atoms with Crippen LogP contribution < -0.4 is 10.9 Å². The molecule has 0 amide bonds. The Balaban J connectivity index is 1.17. The second-order valence-electron chi connectivity index (χ2n) is 8.92. The highest BCUT2D eigenvalue weighted by molar-refractivity contribution is 5.58. The van der Waals surface area contributed by atoms with E-state index in [-0.39, 0.29) is 11.5 Å². The van der Waals surface area contributed by atoms with Crippen molar-refractivity contribution in [1.82, 2.24) is 19.7 Å². The van der Waals surface area contributed by atoms with Gasteiger partial charge in [-0.05, 0) is 61.6 Å². The molecular formula is C23H31N5O2. The Kier molecular flexibility index (Phi) is 4.92. The highest BCUT2D eigenvalue weighted by Gasteiger charge is 2.41. The predicted molar refractivity (Wildman–Crippen MR) is 116 cm³/mol. The van der Waals surface area contributed by atoms with E-state index >= 15 is 0 Å². The highest BCUT2D eigenvalue weighted by Crippen LogP contribution is 2.39. The quantitative estimate of drug-likeness (QED) is 0.815. The zero-order valence-corrected chi connectivity index (χ0v) is 17.5. The van der Waals surface area contributed by atoms with E-state index in [0.717, 1.165) is 50.2 Å². The maximum Gasteiger partial charge on any atom is 0.250 e. The number of fused-ring (bicyclic) bond motifs is 1. The van der Waals surface area contributed by atoms with Crippen molar-refractivity contribution in [3.63, 3.8) is 0 Å². The van der Waals surface area contributed by atoms with Gasteiger partial charge in [0, 0.05) is 66.5 Å². The number of pyridine rings is 1. The van der Waals surface area contributed by atoms with E-state index in [0.29, 0.717) is 36.8 Å². The second-order valence-corrected chi connectivity index (χ2v) is 8.92. The predicted octanol–water partition coefficient (Wildman–Crippen LogP) is 2.39. The van der Waals surface area contributed by atoms with E-state index in [9.17, 15) is 4.79 Å². The van der Waals surface area contributed by atoms with Gasteiger partial charge in [0.1, 0.15) is 5.82 Å². The van der Waals surface area contributed by atoms with Gasteiger partial charge in [0.05, 0.1) is 5.69 Å². The minimum Gasteiger partial charge on any atom is -0.381 e. The van der Waals surface area contributed by atoms with Gasteiger partial charge in [0.15, 0.2) is 0 Å². The number of hydrogen-bond donors (Lipinski definition) is 1. The molecule has 1 aliphatic carbocycles. The van der Waals surface area contributed by atoms with Crippen molar-refractivity contribution in [1.29, 1.82) is 0 Å². The Morgan fingerprint density at radius 2 is 1.93 bits per heavy atom. The van der Waals surface area contributed by atoms with Gasteiger partial charge < -0.3 is 19.5 Å². The van der Waals surface area contributed by atoms with Gasteiger partial charge in [-0.3, -0.25) is 4.79 Å². The Labute approximate surface area is 180 Å². The fourth-order valence-electron chi connectivity index (χ4n) is 5.09. The van der Waals surface area contributed by atoms with Crippen molar-refractivity contribution in [2.45, 2.75) is 31.7 Å². The summed E-state index contributed by atoms with van der Waals surface area (Å²) >= 11 is 0. The summed E-state index contributed by atoms with van der Waals surface area (Å²) in [6.45, 7) is 1.79. The van der Waals surface area contributed by atoms with Crippen LogP contribution in [0.3, 0.4) is 0 Å². The number of anilines is 1. The van der Waals surface area contributed by atoms with Crippen LogP contribution in [0, 0.1) is 17.8 Å². The van der Waals surface area contributed by atoms with Crippen LogP contribution in [0.15, 0.2) is 35.3 Å². The van der Waals surface area contributed by atoms with Crippen molar-refractivity contribution < 1.29 is 7.48 Å². The monoisotopic (exact) mass is 411 g/mol. The maximum absolute atomic E-state index is 11.9. The molecule has 1 N–H and O–H groups in total. The molecular weight excluding hydrogens is 378 g/mol. The average molecular weight is 412 g/mol. The molecule has 7 heteroatoms. The first kappa shape index (κ1) is 17.4. The number of aryl methyl sites for hydroxylation is 1. The zero-order chi connectivity index (χ0) is 22.3. The van der Waals surface area contributed by atoms with Crippen molar-refractivity contribution in [2.24, 2.45) is 24.8 Å². The van der Waals surface area contributed by atoms with E-state index in [1.807, 2.05) is 18.2 Å². The topological polar surface area (TPSA) is 72.3 Å². The standard InChI is InChI=1S/C23H31N5O2/c1-27-7-4-17(12-23(27)29)21-2-3-22(26-25-21)24-20-10-18-14-28(15-19(18)11-20)13-16-5-8-30-9-6-16/h2-4,7,12,16,18-20H,5-6,8-11,13-15H2,1H3,(H,24,26)/t18-,19+,20?/i13D2. The normalized spacial score (nSPS) is 28.8. The van der Waals surface area contributed by atoms with Gasteiger partial charge >= 0.3 is 0 Å². The lowest BCUT2D eigenvalue weighted by Crippen LogP contribution is -2.32. The van der Waals surface area contributed by atoms with Crippen LogP contribution in [0.4, 0.5) is 5.82 Å². The van der Waals surface area contributed by atoms with Crippen molar-refractivity contribution in [2.75, 3.05) is 38.1 Å². The first-order chi connectivity index (χ1) is 15.4. The molecule has 3 fully saturated rings. The zero-order valence-electron chi connectivity index (χ0n) is 19.5. The largest absolute Gasteiger partial charge is 0.381 e. The van der Waals surface area contributed by atoms with Crippen LogP contribution in [-0.2, 0) is 11.8 Å². The van der Waals surface area contributed by atoms with E-state index < -0.39 is 6.50 Å². The molecule has 4 heterocycles. The molecule has 2 aromatic rings. The van der Waals surface area contributed by atoms with Crippen LogP contribution in [0.1, 0.15) is 28.4 Å². The summed E-state index contributed by atoms with van der Waals surface area (Å²) in [6.07, 6.45) is 5.42.